The van der Waals surface area contributed by atoms with E-state index in [9.17, 15) is 9.59 Å². The van der Waals surface area contributed by atoms with Crippen molar-refractivity contribution in [3.8, 4) is 11.3 Å². The van der Waals surface area contributed by atoms with Crippen molar-refractivity contribution in [2.24, 2.45) is 5.92 Å². The standard InChI is InChI=1S/C21H22N4O3/c26-20-12-16(14-5-2-1-3-6-14)22-19-11-17(23-25(19)20)21(27)24-9-8-18-15(13-24)7-4-10-28-18/h1-3,5-6,11-12,15,18,23H,4,7-10,13H2. The molecule has 144 valence electrons. The number of likely N-dealkylation sites (tertiary alicyclic amines) is 1. The van der Waals surface area contributed by atoms with Crippen LogP contribution < -0.4 is 5.56 Å². The summed E-state index contributed by atoms with van der Waals surface area (Å²) < 4.78 is 7.16. The first-order valence-electron chi connectivity index (χ1n) is 9.78. The van der Waals surface area contributed by atoms with Gasteiger partial charge in [-0.3, -0.25) is 14.7 Å². The van der Waals surface area contributed by atoms with Gasteiger partial charge < -0.3 is 9.64 Å². The number of hydrogen-bond acceptors (Lipinski definition) is 4. The number of aromatic nitrogens is 3. The van der Waals surface area contributed by atoms with Crippen LogP contribution in [0.25, 0.3) is 16.9 Å². The molecule has 2 unspecified atom stereocenters. The van der Waals surface area contributed by atoms with Crippen molar-refractivity contribution in [1.82, 2.24) is 19.5 Å². The van der Waals surface area contributed by atoms with E-state index >= 15 is 0 Å². The van der Waals surface area contributed by atoms with Gasteiger partial charge in [-0.25, -0.2) is 9.50 Å². The molecule has 0 spiro atoms. The van der Waals surface area contributed by atoms with E-state index in [0.29, 0.717) is 36.0 Å². The molecule has 2 aliphatic heterocycles. The number of fused-ring (bicyclic) bond motifs is 2. The summed E-state index contributed by atoms with van der Waals surface area (Å²) >= 11 is 0. The Balaban J connectivity index is 1.44. The van der Waals surface area contributed by atoms with Crippen molar-refractivity contribution in [1.29, 1.82) is 0 Å². The van der Waals surface area contributed by atoms with E-state index in [2.05, 4.69) is 10.1 Å². The summed E-state index contributed by atoms with van der Waals surface area (Å²) in [5, 5.41) is 2.93. The molecule has 0 bridgehead atoms. The van der Waals surface area contributed by atoms with Crippen LogP contribution in [-0.2, 0) is 4.74 Å². The molecule has 2 saturated heterocycles. The molecule has 3 aromatic rings. The second-order valence-corrected chi connectivity index (χ2v) is 7.56. The number of nitrogens with zero attached hydrogens (tertiary/aromatic N) is 3. The van der Waals surface area contributed by atoms with Crippen LogP contribution in [0.2, 0.25) is 0 Å². The van der Waals surface area contributed by atoms with Crippen LogP contribution in [-0.4, -0.2) is 51.2 Å². The molecule has 1 aromatic carbocycles. The highest BCUT2D eigenvalue weighted by Crippen LogP contribution is 2.29. The minimum atomic E-state index is -0.234. The maximum atomic E-state index is 13.0. The van der Waals surface area contributed by atoms with E-state index in [1.54, 1.807) is 6.07 Å². The Morgan fingerprint density at radius 3 is 2.89 bits per heavy atom. The molecular weight excluding hydrogens is 356 g/mol. The summed E-state index contributed by atoms with van der Waals surface area (Å²) in [7, 11) is 0. The van der Waals surface area contributed by atoms with Crippen LogP contribution in [0.1, 0.15) is 29.8 Å². The molecule has 2 fully saturated rings. The number of piperidine rings is 1. The third-order valence-electron chi connectivity index (χ3n) is 5.75. The van der Waals surface area contributed by atoms with E-state index in [-0.39, 0.29) is 17.6 Å². The number of ether oxygens (including phenoxy) is 1. The van der Waals surface area contributed by atoms with Gasteiger partial charge in [0.05, 0.1) is 11.8 Å². The van der Waals surface area contributed by atoms with Gasteiger partial charge in [-0.1, -0.05) is 30.3 Å². The summed E-state index contributed by atoms with van der Waals surface area (Å²) in [6, 6.07) is 12.7. The lowest BCUT2D eigenvalue weighted by atomic mass is 9.88. The molecule has 1 N–H and O–H groups in total. The van der Waals surface area contributed by atoms with Gasteiger partial charge in [-0.2, -0.15) is 0 Å². The lowest BCUT2D eigenvalue weighted by molar-refractivity contribution is -0.0607. The van der Waals surface area contributed by atoms with Crippen molar-refractivity contribution in [3.05, 3.63) is 58.5 Å². The highest BCUT2D eigenvalue weighted by Gasteiger charge is 2.34. The first kappa shape index (κ1) is 17.2. The first-order chi connectivity index (χ1) is 13.7. The van der Waals surface area contributed by atoms with Crippen molar-refractivity contribution >= 4 is 11.6 Å². The second-order valence-electron chi connectivity index (χ2n) is 7.56. The summed E-state index contributed by atoms with van der Waals surface area (Å²) in [4.78, 5) is 32.0. The lowest BCUT2D eigenvalue weighted by Gasteiger charge is -2.40. The van der Waals surface area contributed by atoms with E-state index in [0.717, 1.165) is 31.4 Å². The fraction of sp³-hybridized carbons (Fsp3) is 0.381. The van der Waals surface area contributed by atoms with Gasteiger partial charge in [0.2, 0.25) is 0 Å². The van der Waals surface area contributed by atoms with Gasteiger partial charge in [-0.05, 0) is 19.3 Å². The Hall–Kier alpha value is -2.93. The van der Waals surface area contributed by atoms with E-state index in [1.165, 1.54) is 10.6 Å². The van der Waals surface area contributed by atoms with Crippen LogP contribution >= 0.6 is 0 Å². The highest BCUT2D eigenvalue weighted by molar-refractivity contribution is 5.93. The number of amides is 1. The number of hydrogen-bond donors (Lipinski definition) is 1. The summed E-state index contributed by atoms with van der Waals surface area (Å²) in [6.45, 7) is 2.21. The van der Waals surface area contributed by atoms with E-state index in [4.69, 9.17) is 4.74 Å². The van der Waals surface area contributed by atoms with Gasteiger partial charge >= 0.3 is 0 Å². The molecular formula is C21H22N4O3. The third-order valence-corrected chi connectivity index (χ3v) is 5.75. The molecule has 0 saturated carbocycles. The predicted molar refractivity (Wildman–Crippen MR) is 104 cm³/mol. The van der Waals surface area contributed by atoms with Crippen molar-refractivity contribution in [2.45, 2.75) is 25.4 Å². The Labute approximate surface area is 161 Å². The second kappa shape index (κ2) is 6.91. The van der Waals surface area contributed by atoms with Crippen molar-refractivity contribution < 1.29 is 9.53 Å². The number of benzene rings is 1. The molecule has 28 heavy (non-hydrogen) atoms. The number of carbonyl (C=O) groups excluding carboxylic acids is 1. The number of rotatable bonds is 2. The van der Waals surface area contributed by atoms with Crippen molar-refractivity contribution in [2.75, 3.05) is 19.7 Å². The average molecular weight is 378 g/mol. The van der Waals surface area contributed by atoms with E-state index in [1.807, 2.05) is 35.2 Å². The third kappa shape index (κ3) is 3.01. The zero-order chi connectivity index (χ0) is 19.1. The lowest BCUT2D eigenvalue weighted by Crippen LogP contribution is -2.48. The Morgan fingerprint density at radius 1 is 1.18 bits per heavy atom. The summed E-state index contributed by atoms with van der Waals surface area (Å²) in [5.41, 5.74) is 2.08. The summed E-state index contributed by atoms with van der Waals surface area (Å²) in [5.74, 6) is 0.316. The number of carbonyl (C=O) groups is 1. The SMILES string of the molecule is O=C(c1cc2nc(-c3ccccc3)cc(=O)n2[nH]1)N1CCC2OCCCC2C1. The van der Waals surface area contributed by atoms with Gasteiger partial charge in [0.15, 0.2) is 5.65 Å². The topological polar surface area (TPSA) is 79.7 Å². The quantitative estimate of drug-likeness (QED) is 0.742. The van der Waals surface area contributed by atoms with Crippen LogP contribution in [0, 0.1) is 5.92 Å². The monoisotopic (exact) mass is 378 g/mol. The predicted octanol–water partition coefficient (Wildman–Crippen LogP) is 2.33. The number of nitrogens with one attached hydrogen (secondary N) is 1. The molecule has 7 heteroatoms. The minimum absolute atomic E-state index is 0.0878. The van der Waals surface area contributed by atoms with Crippen LogP contribution in [0.4, 0.5) is 0 Å². The maximum absolute atomic E-state index is 13.0. The first-order valence-corrected chi connectivity index (χ1v) is 9.78. The normalized spacial score (nSPS) is 22.2. The number of aromatic amines is 1. The van der Waals surface area contributed by atoms with Crippen LogP contribution in [0.5, 0.6) is 0 Å². The fourth-order valence-electron chi connectivity index (χ4n) is 4.30. The van der Waals surface area contributed by atoms with E-state index < -0.39 is 0 Å². The van der Waals surface area contributed by atoms with Crippen LogP contribution in [0.3, 0.4) is 0 Å². The molecule has 4 heterocycles. The molecule has 5 rings (SSSR count). The minimum Gasteiger partial charge on any atom is -0.378 e. The van der Waals surface area contributed by atoms with Gasteiger partial charge in [0, 0.05) is 43.3 Å². The van der Waals surface area contributed by atoms with Gasteiger partial charge in [0.25, 0.3) is 11.5 Å². The molecule has 0 aliphatic carbocycles. The highest BCUT2D eigenvalue weighted by atomic mass is 16.5. The van der Waals surface area contributed by atoms with Gasteiger partial charge in [0.1, 0.15) is 5.69 Å². The smallest absolute Gasteiger partial charge is 0.273 e. The Bertz CT molecular complexity index is 1070. The maximum Gasteiger partial charge on any atom is 0.273 e. The number of H-pyrrole nitrogens is 1. The zero-order valence-electron chi connectivity index (χ0n) is 15.5. The fourth-order valence-corrected chi connectivity index (χ4v) is 4.30. The molecule has 2 aliphatic rings. The molecule has 0 radical (unpaired) electrons. The average Bonchev–Trinajstić information content (AvgIpc) is 3.18. The molecule has 2 atom stereocenters. The largest absolute Gasteiger partial charge is 0.378 e. The molecule has 2 aromatic heterocycles. The van der Waals surface area contributed by atoms with Gasteiger partial charge in [-0.15, -0.1) is 0 Å². The Morgan fingerprint density at radius 2 is 2.04 bits per heavy atom. The van der Waals surface area contributed by atoms with Crippen LogP contribution in [0.15, 0.2) is 47.3 Å². The van der Waals surface area contributed by atoms with Crippen molar-refractivity contribution in [3.63, 3.8) is 0 Å². The Kier molecular flexibility index (Phi) is 4.24. The molecule has 1 amide bonds. The molecule has 7 nitrogen and oxygen atoms in total. The zero-order valence-corrected chi connectivity index (χ0v) is 15.5. The summed E-state index contributed by atoms with van der Waals surface area (Å²) in [6.07, 6.45) is 3.30.